The van der Waals surface area contributed by atoms with Crippen LogP contribution >= 0.6 is 0 Å². The predicted octanol–water partition coefficient (Wildman–Crippen LogP) is 4.00. The number of nitrogens with one attached hydrogen (secondary N) is 1. The molecule has 0 radical (unpaired) electrons. The number of rotatable bonds is 6. The van der Waals surface area contributed by atoms with Gasteiger partial charge in [0.2, 0.25) is 11.8 Å². The second-order valence-corrected chi connectivity index (χ2v) is 12.8. The van der Waals surface area contributed by atoms with Crippen LogP contribution in [0.15, 0.2) is 0 Å². The number of likely N-dealkylation sites (tertiary alicyclic amines) is 1. The normalized spacial score (nSPS) is 38.0. The Morgan fingerprint density at radius 1 is 1.21 bits per heavy atom. The molecule has 8 atom stereocenters. The van der Waals surface area contributed by atoms with Crippen LogP contribution in [0.4, 0.5) is 0 Å². The molecule has 2 saturated carbocycles. The summed E-state index contributed by atoms with van der Waals surface area (Å²) in [5.74, 6) is 0.303. The zero-order chi connectivity index (χ0) is 24.6. The number of carbonyl (C=O) groups is 2. The Balaban J connectivity index is 1.71. The third kappa shape index (κ3) is 5.75. The molecule has 0 spiro atoms. The lowest BCUT2D eigenvalue weighted by Gasteiger charge is -2.56. The molecule has 2 N–H and O–H groups in total. The molecule has 3 fully saturated rings. The lowest BCUT2D eigenvalue weighted by Crippen LogP contribution is -2.59. The van der Waals surface area contributed by atoms with Crippen LogP contribution < -0.4 is 5.32 Å². The zero-order valence-electron chi connectivity index (χ0n) is 22.0. The monoisotopic (exact) mass is 464 g/mol. The fourth-order valence-corrected chi connectivity index (χ4v) is 7.17. The molecule has 1 unspecified atom stereocenters. The van der Waals surface area contributed by atoms with E-state index in [9.17, 15) is 14.7 Å². The summed E-state index contributed by atoms with van der Waals surface area (Å²) in [6.45, 7) is 14.1. The summed E-state index contributed by atoms with van der Waals surface area (Å²) in [5, 5.41) is 14.9. The number of amides is 2. The van der Waals surface area contributed by atoms with Gasteiger partial charge >= 0.3 is 0 Å². The van der Waals surface area contributed by atoms with Crippen molar-refractivity contribution in [2.24, 2.45) is 34.5 Å². The van der Waals surface area contributed by atoms with Crippen LogP contribution in [0, 0.1) is 34.5 Å². The maximum atomic E-state index is 13.4. The second-order valence-electron chi connectivity index (χ2n) is 12.8. The standard InChI is InChI=1S/C27H48N2O4/c1-17(25(32)29-14-8-9-19(29)16-33-7)20-10-12-27(6)13-11-21(18(2)23(27)24(20)31)28-22(30)15-26(3,4)5/h17-21,23-24,31H,8-16H2,1-7H3,(H,28,30)/t17-,18+,19+,20?,21-,23+,24-,27-/m0/s1. The fraction of sp³-hybridized carbons (Fsp3) is 0.926. The number of aliphatic hydroxyl groups excluding tert-OH is 1. The Bertz CT molecular complexity index is 705. The van der Waals surface area contributed by atoms with E-state index >= 15 is 0 Å². The van der Waals surface area contributed by atoms with Gasteiger partial charge in [0.1, 0.15) is 0 Å². The van der Waals surface area contributed by atoms with E-state index in [1.807, 2.05) is 11.8 Å². The van der Waals surface area contributed by atoms with Gasteiger partial charge in [0.05, 0.1) is 18.8 Å². The van der Waals surface area contributed by atoms with Crippen molar-refractivity contribution in [2.45, 2.75) is 105 Å². The van der Waals surface area contributed by atoms with Crippen molar-refractivity contribution in [1.82, 2.24) is 10.2 Å². The number of hydrogen-bond acceptors (Lipinski definition) is 4. The Morgan fingerprint density at radius 3 is 2.52 bits per heavy atom. The quantitative estimate of drug-likeness (QED) is 0.623. The van der Waals surface area contributed by atoms with E-state index in [-0.39, 0.29) is 58.4 Å². The maximum Gasteiger partial charge on any atom is 0.226 e. The number of nitrogens with zero attached hydrogens (tertiary/aromatic N) is 1. The van der Waals surface area contributed by atoms with Gasteiger partial charge in [0.25, 0.3) is 0 Å². The molecule has 0 aromatic carbocycles. The number of fused-ring (bicyclic) bond motifs is 1. The first kappa shape index (κ1) is 26.5. The Labute approximate surface area is 201 Å². The predicted molar refractivity (Wildman–Crippen MR) is 131 cm³/mol. The summed E-state index contributed by atoms with van der Waals surface area (Å²) >= 11 is 0. The van der Waals surface area contributed by atoms with E-state index in [1.54, 1.807) is 7.11 Å². The summed E-state index contributed by atoms with van der Waals surface area (Å²) < 4.78 is 5.35. The van der Waals surface area contributed by atoms with Crippen molar-refractivity contribution in [3.63, 3.8) is 0 Å². The molecule has 0 aromatic rings. The molecule has 3 rings (SSSR count). The van der Waals surface area contributed by atoms with E-state index in [4.69, 9.17) is 4.74 Å². The number of hydrogen-bond donors (Lipinski definition) is 2. The molecule has 33 heavy (non-hydrogen) atoms. The summed E-state index contributed by atoms with van der Waals surface area (Å²) in [4.78, 5) is 28.1. The van der Waals surface area contributed by atoms with E-state index < -0.39 is 6.10 Å². The highest BCUT2D eigenvalue weighted by atomic mass is 16.5. The first-order valence-electron chi connectivity index (χ1n) is 13.1. The highest BCUT2D eigenvalue weighted by Gasteiger charge is 2.54. The Kier molecular flexibility index (Phi) is 8.20. The number of aliphatic hydroxyl groups is 1. The number of ether oxygens (including phenoxy) is 1. The smallest absolute Gasteiger partial charge is 0.226 e. The minimum Gasteiger partial charge on any atom is -0.392 e. The molecule has 190 valence electrons. The van der Waals surface area contributed by atoms with Gasteiger partial charge in [-0.25, -0.2) is 0 Å². The van der Waals surface area contributed by atoms with E-state index in [0.717, 1.165) is 45.1 Å². The molecule has 3 aliphatic rings. The van der Waals surface area contributed by atoms with Gasteiger partial charge in [-0.1, -0.05) is 41.5 Å². The van der Waals surface area contributed by atoms with Gasteiger partial charge in [-0.05, 0) is 67.1 Å². The molecule has 2 amide bonds. The van der Waals surface area contributed by atoms with Crippen molar-refractivity contribution in [2.75, 3.05) is 20.3 Å². The van der Waals surface area contributed by atoms with Crippen LogP contribution in [0.1, 0.15) is 86.5 Å². The topological polar surface area (TPSA) is 78.9 Å². The minimum atomic E-state index is -0.525. The van der Waals surface area contributed by atoms with E-state index in [2.05, 4.69) is 39.9 Å². The lowest BCUT2D eigenvalue weighted by atomic mass is 9.51. The minimum absolute atomic E-state index is 0.0363. The SMILES string of the molecule is COC[C@H]1CCCN1C(=O)[C@@H](C)C1CC[C@@]2(C)CC[C@H](NC(=O)CC(C)(C)C)[C@@H](C)[C@@H]2[C@H]1O. The Hall–Kier alpha value is -1.14. The average molecular weight is 465 g/mol. The van der Waals surface area contributed by atoms with Gasteiger partial charge < -0.3 is 20.1 Å². The first-order valence-corrected chi connectivity index (χ1v) is 13.1. The summed E-state index contributed by atoms with van der Waals surface area (Å²) in [7, 11) is 1.69. The van der Waals surface area contributed by atoms with Gasteiger partial charge in [-0.15, -0.1) is 0 Å². The molecule has 0 aromatic heterocycles. The largest absolute Gasteiger partial charge is 0.392 e. The third-order valence-electron chi connectivity index (χ3n) is 8.98. The molecule has 1 aliphatic heterocycles. The molecular weight excluding hydrogens is 416 g/mol. The van der Waals surface area contributed by atoms with Gasteiger partial charge in [0.15, 0.2) is 0 Å². The van der Waals surface area contributed by atoms with Crippen molar-refractivity contribution >= 4 is 11.8 Å². The summed E-state index contributed by atoms with van der Waals surface area (Å²) in [5.41, 5.74) is 0.0214. The molecule has 2 aliphatic carbocycles. The second kappa shape index (κ2) is 10.2. The zero-order valence-corrected chi connectivity index (χ0v) is 22.0. The maximum absolute atomic E-state index is 13.4. The number of carbonyl (C=O) groups excluding carboxylic acids is 2. The summed E-state index contributed by atoms with van der Waals surface area (Å²) in [6, 6.07) is 0.244. The van der Waals surface area contributed by atoms with Gasteiger partial charge in [0, 0.05) is 32.0 Å². The molecular formula is C27H48N2O4. The van der Waals surface area contributed by atoms with Crippen molar-refractivity contribution in [1.29, 1.82) is 0 Å². The van der Waals surface area contributed by atoms with Crippen LogP contribution in [0.25, 0.3) is 0 Å². The van der Waals surface area contributed by atoms with Crippen LogP contribution in [0.2, 0.25) is 0 Å². The average Bonchev–Trinajstić information content (AvgIpc) is 3.16. The highest BCUT2D eigenvalue weighted by molar-refractivity contribution is 5.79. The van der Waals surface area contributed by atoms with Crippen LogP contribution in [-0.4, -0.2) is 60.3 Å². The molecule has 0 bridgehead atoms. The van der Waals surface area contributed by atoms with Crippen molar-refractivity contribution < 1.29 is 19.4 Å². The van der Waals surface area contributed by atoms with E-state index in [0.29, 0.717) is 13.0 Å². The first-order chi connectivity index (χ1) is 15.4. The highest BCUT2D eigenvalue weighted by Crippen LogP contribution is 2.55. The lowest BCUT2D eigenvalue weighted by molar-refractivity contribution is -0.152. The third-order valence-corrected chi connectivity index (χ3v) is 8.98. The van der Waals surface area contributed by atoms with Crippen LogP contribution in [0.3, 0.4) is 0 Å². The Morgan fingerprint density at radius 2 is 1.88 bits per heavy atom. The van der Waals surface area contributed by atoms with Gasteiger partial charge in [-0.3, -0.25) is 9.59 Å². The molecule has 6 nitrogen and oxygen atoms in total. The van der Waals surface area contributed by atoms with Gasteiger partial charge in [-0.2, -0.15) is 0 Å². The molecule has 1 heterocycles. The van der Waals surface area contributed by atoms with Crippen molar-refractivity contribution in [3.8, 4) is 0 Å². The fourth-order valence-electron chi connectivity index (χ4n) is 7.17. The van der Waals surface area contributed by atoms with Crippen LogP contribution in [0.5, 0.6) is 0 Å². The molecule has 6 heteroatoms. The van der Waals surface area contributed by atoms with Crippen LogP contribution in [-0.2, 0) is 14.3 Å². The summed E-state index contributed by atoms with van der Waals surface area (Å²) in [6.07, 6.45) is 5.89. The van der Waals surface area contributed by atoms with E-state index in [1.165, 1.54) is 0 Å². The number of methoxy groups -OCH3 is 1. The molecule has 1 saturated heterocycles. The van der Waals surface area contributed by atoms with Crippen molar-refractivity contribution in [3.05, 3.63) is 0 Å².